The lowest BCUT2D eigenvalue weighted by atomic mass is 10.1. The predicted molar refractivity (Wildman–Crippen MR) is 104 cm³/mol. The third-order valence-electron chi connectivity index (χ3n) is 4.41. The van der Waals surface area contributed by atoms with Crippen LogP contribution in [0.2, 0.25) is 0 Å². The third-order valence-corrected chi connectivity index (χ3v) is 4.41. The monoisotopic (exact) mass is 443 g/mol. The van der Waals surface area contributed by atoms with E-state index < -0.39 is 59.9 Å². The van der Waals surface area contributed by atoms with Crippen LogP contribution >= 0.6 is 0 Å². The Kier molecular flexibility index (Phi) is 8.48. The maximum absolute atomic E-state index is 14.5. The summed E-state index contributed by atoms with van der Waals surface area (Å²) >= 11 is 0. The van der Waals surface area contributed by atoms with Crippen LogP contribution in [0.25, 0.3) is 0 Å². The van der Waals surface area contributed by atoms with E-state index >= 15 is 0 Å². The molecule has 0 radical (unpaired) electrons. The van der Waals surface area contributed by atoms with Gasteiger partial charge in [-0.1, -0.05) is 19.8 Å². The van der Waals surface area contributed by atoms with E-state index in [2.05, 4.69) is 10.3 Å². The Bertz CT molecular complexity index is 874. The van der Waals surface area contributed by atoms with Gasteiger partial charge in [0.15, 0.2) is 30.1 Å². The summed E-state index contributed by atoms with van der Waals surface area (Å²) in [5.74, 6) is -3.02. The Hall–Kier alpha value is -3.02. The van der Waals surface area contributed by atoms with Gasteiger partial charge in [0.2, 0.25) is 0 Å². The second kappa shape index (κ2) is 10.8. The van der Waals surface area contributed by atoms with Crippen LogP contribution in [0.4, 0.5) is 15.0 Å². The molecule has 0 bridgehead atoms. The summed E-state index contributed by atoms with van der Waals surface area (Å²) in [4.78, 5) is 50.7. The number of anilines is 1. The summed E-state index contributed by atoms with van der Waals surface area (Å²) < 4.78 is 36.1. The van der Waals surface area contributed by atoms with Crippen molar-refractivity contribution in [2.24, 2.45) is 0 Å². The zero-order valence-corrected chi connectivity index (χ0v) is 17.8. The minimum Gasteiger partial charge on any atom is -0.456 e. The van der Waals surface area contributed by atoms with Crippen LogP contribution in [-0.2, 0) is 28.5 Å². The van der Waals surface area contributed by atoms with Crippen molar-refractivity contribution in [2.45, 2.75) is 71.5 Å². The fraction of sp³-hybridized carbons (Fsp3) is 0.632. The van der Waals surface area contributed by atoms with Crippen molar-refractivity contribution < 1.29 is 37.7 Å². The molecule has 1 fully saturated rings. The van der Waals surface area contributed by atoms with Crippen molar-refractivity contribution in [1.29, 1.82) is 0 Å². The zero-order valence-electron chi connectivity index (χ0n) is 17.8. The number of aromatic nitrogens is 2. The number of nitrogens with one attached hydrogen (secondary N) is 1. The molecular formula is C19H26FN3O8. The molecule has 1 aromatic heterocycles. The van der Waals surface area contributed by atoms with E-state index in [-0.39, 0.29) is 6.61 Å². The summed E-state index contributed by atoms with van der Waals surface area (Å²) in [5.41, 5.74) is -0.986. The molecule has 1 saturated heterocycles. The highest BCUT2D eigenvalue weighted by Crippen LogP contribution is 2.33. The number of ether oxygens (including phenoxy) is 4. The number of amides is 1. The first-order valence-electron chi connectivity index (χ1n) is 9.86. The Morgan fingerprint density at radius 1 is 1.19 bits per heavy atom. The molecule has 1 amide bonds. The average molecular weight is 443 g/mol. The number of carbonyl (C=O) groups excluding carboxylic acids is 3. The van der Waals surface area contributed by atoms with Gasteiger partial charge in [0.05, 0.1) is 18.9 Å². The molecule has 2 heterocycles. The maximum atomic E-state index is 14.5. The molecule has 31 heavy (non-hydrogen) atoms. The summed E-state index contributed by atoms with van der Waals surface area (Å²) in [5, 5.41) is 2.08. The number of unbranched alkanes of at least 4 members (excludes halogenated alkanes) is 2. The molecule has 1 aliphatic rings. The molecule has 12 heteroatoms. The van der Waals surface area contributed by atoms with Gasteiger partial charge in [-0.3, -0.25) is 19.5 Å². The standard InChI is InChI=1S/C19H26FN3O8/c1-5-6-7-8-28-19(27)22-16-13(20)9-23(18(26)21-16)17-15(31-12(4)25)14(10(2)29-17)30-11(3)24/h9-10,14-15,17H,5-8H2,1-4H3,(H,21,22,26,27)/t10-,14-,15+,17-/m1/s1. The van der Waals surface area contributed by atoms with E-state index in [1.807, 2.05) is 6.92 Å². The van der Waals surface area contributed by atoms with E-state index in [0.29, 0.717) is 6.42 Å². The van der Waals surface area contributed by atoms with Gasteiger partial charge < -0.3 is 18.9 Å². The second-order valence-corrected chi connectivity index (χ2v) is 6.98. The van der Waals surface area contributed by atoms with Crippen LogP contribution in [0.1, 0.15) is 53.2 Å². The summed E-state index contributed by atoms with van der Waals surface area (Å²) in [7, 11) is 0. The smallest absolute Gasteiger partial charge is 0.412 e. The van der Waals surface area contributed by atoms with E-state index in [1.165, 1.54) is 6.92 Å². The topological polar surface area (TPSA) is 135 Å². The summed E-state index contributed by atoms with van der Waals surface area (Å²) in [6, 6.07) is 0. The highest BCUT2D eigenvalue weighted by Gasteiger charge is 2.48. The highest BCUT2D eigenvalue weighted by molar-refractivity contribution is 5.83. The first-order valence-corrected chi connectivity index (χ1v) is 9.86. The lowest BCUT2D eigenvalue weighted by Crippen LogP contribution is -2.40. The van der Waals surface area contributed by atoms with Crippen LogP contribution < -0.4 is 11.0 Å². The lowest BCUT2D eigenvalue weighted by Gasteiger charge is -2.23. The van der Waals surface area contributed by atoms with Gasteiger partial charge in [-0.25, -0.2) is 14.0 Å². The Labute approximate surface area is 177 Å². The number of esters is 2. The van der Waals surface area contributed by atoms with Gasteiger partial charge in [-0.05, 0) is 13.3 Å². The molecule has 0 saturated carbocycles. The second-order valence-electron chi connectivity index (χ2n) is 6.98. The SMILES string of the molecule is CCCCCOC(=O)Nc1nc(=O)n([C@@H]2O[C@H](C)[C@@H](OC(C)=O)[C@@H]2OC(C)=O)cc1F. The van der Waals surface area contributed by atoms with E-state index in [9.17, 15) is 23.6 Å². The van der Waals surface area contributed by atoms with Crippen LogP contribution in [0.15, 0.2) is 11.0 Å². The minimum atomic E-state index is -1.30. The maximum Gasteiger partial charge on any atom is 0.412 e. The minimum absolute atomic E-state index is 0.147. The number of rotatable bonds is 8. The Morgan fingerprint density at radius 2 is 1.84 bits per heavy atom. The lowest BCUT2D eigenvalue weighted by molar-refractivity contribution is -0.165. The van der Waals surface area contributed by atoms with Gasteiger partial charge in [0, 0.05) is 13.8 Å². The van der Waals surface area contributed by atoms with Crippen molar-refractivity contribution >= 4 is 23.8 Å². The molecule has 0 spiro atoms. The van der Waals surface area contributed by atoms with Gasteiger partial charge >= 0.3 is 23.7 Å². The molecule has 2 rings (SSSR count). The van der Waals surface area contributed by atoms with Crippen LogP contribution in [0.3, 0.4) is 0 Å². The number of nitrogens with zero attached hydrogens (tertiary/aromatic N) is 2. The van der Waals surface area contributed by atoms with Crippen LogP contribution in [0, 0.1) is 5.82 Å². The molecule has 0 aromatic carbocycles. The van der Waals surface area contributed by atoms with Crippen molar-refractivity contribution in [1.82, 2.24) is 9.55 Å². The van der Waals surface area contributed by atoms with E-state index in [0.717, 1.165) is 30.5 Å². The van der Waals surface area contributed by atoms with Crippen molar-refractivity contribution in [2.75, 3.05) is 11.9 Å². The average Bonchev–Trinajstić information content (AvgIpc) is 2.96. The molecule has 0 unspecified atom stereocenters. The van der Waals surface area contributed by atoms with Crippen molar-refractivity contribution in [3.63, 3.8) is 0 Å². The first-order chi connectivity index (χ1) is 14.6. The Morgan fingerprint density at radius 3 is 2.45 bits per heavy atom. The number of hydrogen-bond donors (Lipinski definition) is 1. The largest absolute Gasteiger partial charge is 0.456 e. The fourth-order valence-corrected chi connectivity index (χ4v) is 3.06. The molecule has 1 N–H and O–H groups in total. The van der Waals surface area contributed by atoms with Crippen LogP contribution in [-0.4, -0.2) is 52.5 Å². The van der Waals surface area contributed by atoms with Crippen LogP contribution in [0.5, 0.6) is 0 Å². The molecule has 1 aromatic rings. The van der Waals surface area contributed by atoms with Gasteiger partial charge in [0.1, 0.15) is 0 Å². The number of halogens is 1. The van der Waals surface area contributed by atoms with Gasteiger partial charge in [0.25, 0.3) is 0 Å². The molecule has 1 aliphatic heterocycles. The number of hydrogen-bond acceptors (Lipinski definition) is 9. The quantitative estimate of drug-likeness (QED) is 0.363. The van der Waals surface area contributed by atoms with Crippen molar-refractivity contribution in [3.05, 3.63) is 22.5 Å². The fourth-order valence-electron chi connectivity index (χ4n) is 3.06. The first kappa shape index (κ1) is 24.3. The molecule has 172 valence electrons. The van der Waals surface area contributed by atoms with Gasteiger partial charge in [-0.15, -0.1) is 0 Å². The van der Waals surface area contributed by atoms with Crippen molar-refractivity contribution in [3.8, 4) is 0 Å². The summed E-state index contributed by atoms with van der Waals surface area (Å²) in [6.45, 7) is 5.98. The Balaban J connectivity index is 2.22. The van der Waals surface area contributed by atoms with Gasteiger partial charge in [-0.2, -0.15) is 4.98 Å². The normalized spacial score (nSPS) is 22.6. The summed E-state index contributed by atoms with van der Waals surface area (Å²) in [6.07, 6.45) is -2.02. The highest BCUT2D eigenvalue weighted by atomic mass is 19.1. The zero-order chi connectivity index (χ0) is 23.1. The number of carbonyl (C=O) groups is 3. The molecule has 11 nitrogen and oxygen atoms in total. The van der Waals surface area contributed by atoms with E-state index in [1.54, 1.807) is 6.92 Å². The molecular weight excluding hydrogens is 417 g/mol. The van der Waals surface area contributed by atoms with E-state index in [4.69, 9.17) is 18.9 Å². The molecule has 4 atom stereocenters. The molecule has 0 aliphatic carbocycles. The third kappa shape index (κ3) is 6.48. The predicted octanol–water partition coefficient (Wildman–Crippen LogP) is 1.90.